The molecule has 0 unspecified atom stereocenters. The molecule has 0 aliphatic heterocycles. The Bertz CT molecular complexity index is 242. The molecule has 0 nitrogen and oxygen atoms in total. The van der Waals surface area contributed by atoms with Crippen LogP contribution in [-0.4, -0.2) is 0 Å². The molecule has 0 aliphatic carbocycles. The Hall–Kier alpha value is 7.73. The predicted molar refractivity (Wildman–Crippen MR) is 111 cm³/mol. The molecule has 0 aliphatic rings. The van der Waals surface area contributed by atoms with E-state index in [1.807, 2.05) is 20.3 Å². The summed E-state index contributed by atoms with van der Waals surface area (Å²) >= 11 is 0. The van der Waals surface area contributed by atoms with Crippen molar-refractivity contribution in [2.45, 2.75) is 116 Å². The van der Waals surface area contributed by atoms with Crippen molar-refractivity contribution in [3.8, 4) is 0 Å². The van der Waals surface area contributed by atoms with E-state index in [9.17, 15) is 0 Å². The molecule has 0 aromatic heterocycles. The standard InChI is InChI=1S/C13H28.C7H14.C3H7.7Y/c1-11(2,3)9-13(7,8)10-12(4,5)6;1-6(2)5-7(3)4;1-3-2;;;;;;;/h9-10H2,1-8H3;5H2,1-4H3;3H,1-2H3;;;;;;;/q;-2;-1;;;;;;;. The van der Waals surface area contributed by atoms with E-state index in [4.69, 9.17) is 0 Å². The molecule has 0 saturated heterocycles. The van der Waals surface area contributed by atoms with Crippen LogP contribution in [0.15, 0.2) is 0 Å². The van der Waals surface area contributed by atoms with Crippen molar-refractivity contribution in [2.75, 3.05) is 0 Å². The van der Waals surface area contributed by atoms with Crippen molar-refractivity contribution < 1.29 is 229 Å². The quantitative estimate of drug-likeness (QED) is 0.248. The zero-order valence-electron chi connectivity index (χ0n) is 23.2. The summed E-state index contributed by atoms with van der Waals surface area (Å²) in [6.07, 6.45) is 5.80. The molecule has 0 aromatic rings. The van der Waals surface area contributed by atoms with Crippen LogP contribution in [-0.2, 0) is 229 Å². The van der Waals surface area contributed by atoms with Crippen LogP contribution < -0.4 is 0 Å². The Morgan fingerprint density at radius 3 is 0.733 bits per heavy atom. The second-order valence-corrected chi connectivity index (χ2v) is 10.8. The van der Waals surface area contributed by atoms with Crippen LogP contribution in [0.1, 0.15) is 116 Å². The Morgan fingerprint density at radius 1 is 0.500 bits per heavy atom. The molecule has 0 spiro atoms. The second-order valence-electron chi connectivity index (χ2n) is 10.8. The molecule has 0 amide bonds. The molecule has 0 N–H and O–H groups in total. The van der Waals surface area contributed by atoms with Crippen LogP contribution in [0.3, 0.4) is 0 Å². The topological polar surface area (TPSA) is 0 Å². The van der Waals surface area contributed by atoms with Gasteiger partial charge in [-0.3, -0.25) is 0 Å². The molecule has 0 rings (SSSR count). The van der Waals surface area contributed by atoms with Gasteiger partial charge >= 0.3 is 0 Å². The van der Waals surface area contributed by atoms with Crippen LogP contribution >= 0.6 is 0 Å². The minimum Gasteiger partial charge on any atom is -0.348 e. The largest absolute Gasteiger partial charge is 0.348 e. The van der Waals surface area contributed by atoms with Crippen LogP contribution in [0.25, 0.3) is 0 Å². The fourth-order valence-corrected chi connectivity index (χ4v) is 3.64. The van der Waals surface area contributed by atoms with E-state index in [0.717, 1.165) is 0 Å². The smallest absolute Gasteiger partial charge is 0 e. The third-order valence-corrected chi connectivity index (χ3v) is 2.72. The number of hydrogen-bond donors (Lipinski definition) is 0. The predicted octanol–water partition coefficient (Wildman–Crippen LogP) is 8.70. The maximum Gasteiger partial charge on any atom is 0 e. The molecular formula is C23H49Y7-3. The molecule has 0 fully saturated rings. The molecule has 0 aromatic carbocycles. The van der Waals surface area contributed by atoms with E-state index in [1.165, 1.54) is 31.1 Å². The minimum atomic E-state index is 0. The Kier molecular flexibility index (Phi) is 81.0. The first kappa shape index (κ1) is 66.2. The minimum absolute atomic E-state index is 0. The Labute approximate surface area is 370 Å². The van der Waals surface area contributed by atoms with Crippen molar-refractivity contribution in [3.05, 3.63) is 18.3 Å². The summed E-state index contributed by atoms with van der Waals surface area (Å²) in [7, 11) is 0. The second kappa shape index (κ2) is 36.7. The van der Waals surface area contributed by atoms with E-state index in [1.54, 1.807) is 0 Å². The molecule has 0 atom stereocenters. The molecule has 0 heterocycles. The third kappa shape index (κ3) is 76.5. The molecule has 30 heavy (non-hydrogen) atoms. The molecule has 165 valence electrons. The van der Waals surface area contributed by atoms with Gasteiger partial charge in [0.2, 0.25) is 0 Å². The Morgan fingerprint density at radius 2 is 0.667 bits per heavy atom. The van der Waals surface area contributed by atoms with Gasteiger partial charge in [0.1, 0.15) is 0 Å². The van der Waals surface area contributed by atoms with E-state index < -0.39 is 0 Å². The first-order valence-electron chi connectivity index (χ1n) is 9.28. The van der Waals surface area contributed by atoms with E-state index in [0.29, 0.717) is 16.2 Å². The number of hydrogen-bond acceptors (Lipinski definition) is 0. The Balaban J connectivity index is -0.0000000260. The van der Waals surface area contributed by atoms with Crippen LogP contribution in [0.4, 0.5) is 0 Å². The zero-order valence-corrected chi connectivity index (χ0v) is 43.1. The fraction of sp³-hybridized carbons (Fsp3) is 0.870. The monoisotopic (exact) mass is 948 g/mol. The molecule has 0 bridgehead atoms. The molecular weight excluding hydrogens is 899 g/mol. The van der Waals surface area contributed by atoms with Crippen LogP contribution in [0, 0.1) is 34.5 Å². The third-order valence-electron chi connectivity index (χ3n) is 2.72. The van der Waals surface area contributed by atoms with Gasteiger partial charge in [-0.05, 0) is 29.1 Å². The van der Waals surface area contributed by atoms with Crippen molar-refractivity contribution in [1.82, 2.24) is 0 Å². The maximum absolute atomic E-state index is 2.39. The summed E-state index contributed by atoms with van der Waals surface area (Å²) in [6.45, 7) is 31.4. The van der Waals surface area contributed by atoms with Crippen molar-refractivity contribution in [3.63, 3.8) is 0 Å². The number of rotatable bonds is 4. The normalized spacial score (nSPS) is 9.60. The summed E-state index contributed by atoms with van der Waals surface area (Å²) in [5, 5.41) is 0. The van der Waals surface area contributed by atoms with Crippen molar-refractivity contribution in [2.24, 2.45) is 16.2 Å². The zero-order chi connectivity index (χ0) is 19.5. The van der Waals surface area contributed by atoms with Crippen molar-refractivity contribution in [1.29, 1.82) is 0 Å². The van der Waals surface area contributed by atoms with Gasteiger partial charge in [0.25, 0.3) is 0 Å². The van der Waals surface area contributed by atoms with Gasteiger partial charge in [0.15, 0.2) is 0 Å². The van der Waals surface area contributed by atoms with Crippen LogP contribution in [0.2, 0.25) is 0 Å². The summed E-state index contributed by atoms with van der Waals surface area (Å²) in [4.78, 5) is 0. The first-order chi connectivity index (χ1) is 9.95. The van der Waals surface area contributed by atoms with E-state index in [2.05, 4.69) is 83.1 Å². The van der Waals surface area contributed by atoms with Crippen molar-refractivity contribution >= 4 is 0 Å². The van der Waals surface area contributed by atoms with Gasteiger partial charge < -0.3 is 24.7 Å². The summed E-state index contributed by atoms with van der Waals surface area (Å²) < 4.78 is 0. The summed E-state index contributed by atoms with van der Waals surface area (Å²) in [5.41, 5.74) is 1.38. The van der Waals surface area contributed by atoms with E-state index >= 15 is 0 Å². The van der Waals surface area contributed by atoms with Gasteiger partial charge in [-0.15, -0.1) is 0 Å². The van der Waals surface area contributed by atoms with Crippen LogP contribution in [0.5, 0.6) is 0 Å². The van der Waals surface area contributed by atoms with E-state index in [-0.39, 0.29) is 229 Å². The van der Waals surface area contributed by atoms with Gasteiger partial charge in [0.05, 0.1) is 0 Å². The average molecular weight is 948 g/mol. The molecule has 7 heteroatoms. The van der Waals surface area contributed by atoms with Gasteiger partial charge in [0, 0.05) is 229 Å². The average Bonchev–Trinajstić information content (AvgIpc) is 2.06. The van der Waals surface area contributed by atoms with Gasteiger partial charge in [-0.1, -0.05) is 55.4 Å². The first-order valence-corrected chi connectivity index (χ1v) is 9.28. The SMILES string of the molecule is CC(C)(C)CC(C)(C)CC(C)(C)C.C[C-](C)C[C-](C)C.C[CH-]C.[Y].[Y].[Y].[Y].[Y].[Y].[Y]. The summed E-state index contributed by atoms with van der Waals surface area (Å²) in [6, 6.07) is 0. The molecule has 7 radical (unpaired) electrons. The van der Waals surface area contributed by atoms with Gasteiger partial charge in [-0.2, -0.15) is 41.5 Å². The fourth-order valence-electron chi connectivity index (χ4n) is 3.64. The summed E-state index contributed by atoms with van der Waals surface area (Å²) in [5.74, 6) is 3.00. The van der Waals surface area contributed by atoms with Gasteiger partial charge in [-0.25, -0.2) is 0 Å². The maximum atomic E-state index is 2.39. The molecule has 0 saturated carbocycles.